The lowest BCUT2D eigenvalue weighted by Gasteiger charge is -2.39. The monoisotopic (exact) mass is 582 g/mol. The van der Waals surface area contributed by atoms with Gasteiger partial charge in [0, 0.05) is 24.4 Å². The van der Waals surface area contributed by atoms with Gasteiger partial charge in [0.15, 0.2) is 5.69 Å². The highest BCUT2D eigenvalue weighted by Gasteiger charge is 2.38. The molecule has 11 heteroatoms. The number of ether oxygens (including phenoxy) is 1. The summed E-state index contributed by atoms with van der Waals surface area (Å²) in [6.45, 7) is 11.4. The molecule has 1 aromatic heterocycles. The van der Waals surface area contributed by atoms with Crippen molar-refractivity contribution in [3.8, 4) is 0 Å². The van der Waals surface area contributed by atoms with Crippen LogP contribution >= 0.6 is 11.3 Å². The van der Waals surface area contributed by atoms with Crippen molar-refractivity contribution in [3.63, 3.8) is 0 Å². The molecule has 1 aromatic rings. The molecule has 5 atom stereocenters. The van der Waals surface area contributed by atoms with Crippen LogP contribution in [-0.4, -0.2) is 87.8 Å². The predicted molar refractivity (Wildman–Crippen MR) is 156 cm³/mol. The quantitative estimate of drug-likeness (QED) is 0.183. The molecule has 2 rings (SSSR count). The second-order valence-electron chi connectivity index (χ2n) is 11.4. The molecule has 0 aliphatic carbocycles. The van der Waals surface area contributed by atoms with E-state index in [1.165, 1.54) is 5.38 Å². The van der Waals surface area contributed by atoms with Crippen molar-refractivity contribution in [1.82, 2.24) is 20.1 Å². The van der Waals surface area contributed by atoms with Gasteiger partial charge in [0.1, 0.15) is 23.9 Å². The van der Waals surface area contributed by atoms with E-state index in [1.54, 1.807) is 4.90 Å². The maximum atomic E-state index is 14.3. The van der Waals surface area contributed by atoms with Gasteiger partial charge >= 0.3 is 5.97 Å². The Balaban J connectivity index is 2.32. The fourth-order valence-electron chi connectivity index (χ4n) is 5.09. The first-order valence-electron chi connectivity index (χ1n) is 14.8. The third-order valence-corrected chi connectivity index (χ3v) is 8.86. The number of hydrogen-bond donors (Lipinski definition) is 3. The van der Waals surface area contributed by atoms with E-state index in [0.29, 0.717) is 18.0 Å². The van der Waals surface area contributed by atoms with Crippen molar-refractivity contribution in [2.45, 2.75) is 110 Å². The van der Waals surface area contributed by atoms with Gasteiger partial charge in [-0.2, -0.15) is 0 Å². The van der Waals surface area contributed by atoms with Gasteiger partial charge in [-0.3, -0.25) is 14.5 Å². The number of likely N-dealkylation sites (N-methyl/N-ethyl adjacent to an activating group) is 1. The summed E-state index contributed by atoms with van der Waals surface area (Å²) in [5.41, 5.74) is -0.112. The molecular formula is C29H50N4O6S. The summed E-state index contributed by atoms with van der Waals surface area (Å²) < 4.78 is 5.99. The third-order valence-electron chi connectivity index (χ3n) is 7.92. The molecule has 0 spiro atoms. The molecule has 40 heavy (non-hydrogen) atoms. The zero-order valence-corrected chi connectivity index (χ0v) is 25.9. The van der Waals surface area contributed by atoms with Crippen LogP contribution in [0.2, 0.25) is 0 Å². The van der Waals surface area contributed by atoms with Crippen LogP contribution in [0, 0.1) is 11.8 Å². The second kappa shape index (κ2) is 17.0. The molecule has 228 valence electrons. The van der Waals surface area contributed by atoms with E-state index in [1.807, 2.05) is 34.7 Å². The largest absolute Gasteiger partial charge is 0.476 e. The number of piperidine rings is 1. The summed E-state index contributed by atoms with van der Waals surface area (Å²) in [5.74, 6) is -1.66. The minimum Gasteiger partial charge on any atom is -0.476 e. The van der Waals surface area contributed by atoms with Crippen LogP contribution in [-0.2, 0) is 14.3 Å². The lowest BCUT2D eigenvalue weighted by molar-refractivity contribution is -0.149. The summed E-state index contributed by atoms with van der Waals surface area (Å²) in [6.07, 6.45) is 5.58. The Hall–Kier alpha value is -2.08. The average Bonchev–Trinajstić information content (AvgIpc) is 3.43. The number of aliphatic hydroxyl groups is 1. The van der Waals surface area contributed by atoms with E-state index in [-0.39, 0.29) is 48.5 Å². The zero-order chi connectivity index (χ0) is 29.8. The molecule has 0 bridgehead atoms. The number of nitrogens with one attached hydrogen (secondary N) is 1. The van der Waals surface area contributed by atoms with Gasteiger partial charge in [-0.1, -0.05) is 60.3 Å². The Morgan fingerprint density at radius 3 is 2.52 bits per heavy atom. The number of unbranched alkanes of at least 4 members (excludes halogenated alkanes) is 2. The number of carboxylic acids is 1. The molecule has 0 saturated carbocycles. The van der Waals surface area contributed by atoms with Crippen LogP contribution < -0.4 is 5.32 Å². The fraction of sp³-hybridized carbons (Fsp3) is 0.793. The fourth-order valence-corrected chi connectivity index (χ4v) is 5.88. The first kappa shape index (κ1) is 34.1. The molecule has 2 amide bonds. The van der Waals surface area contributed by atoms with E-state index >= 15 is 0 Å². The summed E-state index contributed by atoms with van der Waals surface area (Å²) in [6, 6.07) is -1.42. The van der Waals surface area contributed by atoms with Crippen molar-refractivity contribution in [2.24, 2.45) is 11.8 Å². The maximum absolute atomic E-state index is 14.3. The number of aromatic nitrogens is 1. The minimum atomic E-state index is -1.15. The zero-order valence-electron chi connectivity index (χ0n) is 25.1. The number of nitrogens with zero attached hydrogens (tertiary/aromatic N) is 3. The summed E-state index contributed by atoms with van der Waals surface area (Å²) in [7, 11) is 1.95. The minimum absolute atomic E-state index is 0.0441. The van der Waals surface area contributed by atoms with E-state index in [0.717, 1.165) is 56.4 Å². The smallest absolute Gasteiger partial charge is 0.355 e. The van der Waals surface area contributed by atoms with Gasteiger partial charge in [-0.15, -0.1) is 11.3 Å². The number of amides is 2. The molecule has 0 aromatic carbocycles. The van der Waals surface area contributed by atoms with Gasteiger partial charge < -0.3 is 25.2 Å². The number of rotatable bonds is 17. The first-order chi connectivity index (χ1) is 19.0. The molecular weight excluding hydrogens is 532 g/mol. The van der Waals surface area contributed by atoms with Gasteiger partial charge in [-0.25, -0.2) is 9.78 Å². The van der Waals surface area contributed by atoms with Crippen LogP contribution in [0.25, 0.3) is 0 Å². The average molecular weight is 583 g/mol. The molecule has 0 radical (unpaired) electrons. The van der Waals surface area contributed by atoms with Crippen LogP contribution in [0.1, 0.15) is 108 Å². The molecule has 5 unspecified atom stereocenters. The summed E-state index contributed by atoms with van der Waals surface area (Å²) >= 11 is 1.09. The van der Waals surface area contributed by atoms with Crippen molar-refractivity contribution >= 4 is 29.1 Å². The number of carbonyl (C=O) groups is 3. The van der Waals surface area contributed by atoms with Gasteiger partial charge in [0.2, 0.25) is 11.8 Å². The van der Waals surface area contributed by atoms with Crippen molar-refractivity contribution < 1.29 is 29.3 Å². The van der Waals surface area contributed by atoms with Crippen molar-refractivity contribution in [2.75, 3.05) is 26.9 Å². The Bertz CT molecular complexity index is 941. The lowest BCUT2D eigenvalue weighted by Crippen LogP contribution is -2.59. The Morgan fingerprint density at radius 2 is 1.95 bits per heavy atom. The van der Waals surface area contributed by atoms with Gasteiger partial charge in [0.25, 0.3) is 0 Å². The topological polar surface area (TPSA) is 132 Å². The molecule has 10 nitrogen and oxygen atoms in total. The van der Waals surface area contributed by atoms with E-state index in [2.05, 4.69) is 22.1 Å². The van der Waals surface area contributed by atoms with E-state index < -0.39 is 24.2 Å². The lowest BCUT2D eigenvalue weighted by atomic mass is 9.92. The van der Waals surface area contributed by atoms with Crippen LogP contribution in [0.4, 0.5) is 0 Å². The van der Waals surface area contributed by atoms with Crippen LogP contribution in [0.5, 0.6) is 0 Å². The Kier molecular flexibility index (Phi) is 14.5. The molecule has 3 N–H and O–H groups in total. The van der Waals surface area contributed by atoms with Crippen LogP contribution in [0.15, 0.2) is 5.38 Å². The van der Waals surface area contributed by atoms with Crippen LogP contribution in [0.3, 0.4) is 0 Å². The van der Waals surface area contributed by atoms with E-state index in [4.69, 9.17) is 4.74 Å². The number of hydrogen-bond acceptors (Lipinski definition) is 8. The highest BCUT2D eigenvalue weighted by atomic mass is 32.1. The Morgan fingerprint density at radius 1 is 1.23 bits per heavy atom. The number of carbonyl (C=O) groups excluding carboxylic acids is 2. The summed E-state index contributed by atoms with van der Waals surface area (Å²) in [4.78, 5) is 46.7. The molecule has 1 aliphatic heterocycles. The maximum Gasteiger partial charge on any atom is 0.355 e. The molecule has 2 heterocycles. The number of aromatic carboxylic acids is 1. The molecule has 1 saturated heterocycles. The van der Waals surface area contributed by atoms with Crippen molar-refractivity contribution in [3.05, 3.63) is 16.1 Å². The highest BCUT2D eigenvalue weighted by molar-refractivity contribution is 7.09. The highest BCUT2D eigenvalue weighted by Crippen LogP contribution is 2.29. The molecule has 1 aliphatic rings. The van der Waals surface area contributed by atoms with Gasteiger partial charge in [-0.05, 0) is 44.7 Å². The number of likely N-dealkylation sites (tertiary alicyclic amines) is 1. The molecule has 1 fully saturated rings. The standard InChI is InChI=1S/C29H50N4O6S/c1-7-9-12-15-39-18-33(23(19(3)4)16-24(34)27-30-21(17-40-27)29(37)38)28(36)25(20(5)8-2)31-26(35)22-13-10-11-14-32(22)6/h17,19-20,22-25,34H,7-16,18H2,1-6H3,(H,31,35)(H,37,38). The SMILES string of the molecule is CCCCCOCN(C(=O)C(NC(=O)C1CCCCN1C)C(C)CC)C(CC(O)c1nc(C(=O)O)cs1)C(C)C. The first-order valence-corrected chi connectivity index (χ1v) is 15.6. The second-order valence-corrected chi connectivity index (χ2v) is 12.2. The Labute approximate surface area is 243 Å². The number of aliphatic hydroxyl groups excluding tert-OH is 1. The van der Waals surface area contributed by atoms with Crippen molar-refractivity contribution in [1.29, 1.82) is 0 Å². The summed E-state index contributed by atoms with van der Waals surface area (Å²) in [5, 5.41) is 25.1. The number of thiazole rings is 1. The normalized spacial score (nSPS) is 19.1. The van der Waals surface area contributed by atoms with Gasteiger partial charge in [0.05, 0.1) is 6.04 Å². The third kappa shape index (κ3) is 9.78. The van der Waals surface area contributed by atoms with E-state index in [9.17, 15) is 24.6 Å². The number of carboxylic acid groups (broad SMARTS) is 1. The predicted octanol–water partition coefficient (Wildman–Crippen LogP) is 4.30.